The topological polar surface area (TPSA) is 315 Å². The van der Waals surface area contributed by atoms with Crippen LogP contribution in [0.1, 0.15) is 15.9 Å². The number of methoxy groups -OCH3 is 2. The first-order valence-electron chi connectivity index (χ1n) is 16.4. The Balaban J connectivity index is 1.35. The van der Waals surface area contributed by atoms with E-state index in [2.05, 4.69) is 31.3 Å². The molecule has 0 unspecified atom stereocenters. The number of fused-ring (bicyclic) bond motifs is 1. The molecule has 6 rings (SSSR count). The Bertz CT molecular complexity index is 2960. The number of benzene rings is 4. The molecular weight excluding hydrogens is 835 g/mol. The van der Waals surface area contributed by atoms with E-state index in [1.165, 1.54) is 32.4 Å². The number of hydrogen-bond acceptors (Lipinski definition) is 17. The van der Waals surface area contributed by atoms with Gasteiger partial charge < -0.3 is 15.2 Å². The maximum absolute atomic E-state index is 13.8. The molecule has 0 aliphatic heterocycles. The van der Waals surface area contributed by atoms with Crippen molar-refractivity contribution in [3.05, 3.63) is 107 Å². The van der Waals surface area contributed by atoms with Gasteiger partial charge in [-0.3, -0.25) is 34.1 Å². The van der Waals surface area contributed by atoms with Crippen molar-refractivity contribution in [2.24, 2.45) is 20.4 Å². The lowest BCUT2D eigenvalue weighted by molar-refractivity contribution is -0.110. The van der Waals surface area contributed by atoms with Crippen LogP contribution in [-0.4, -0.2) is 76.1 Å². The molecule has 0 atom stereocenters. The summed E-state index contributed by atoms with van der Waals surface area (Å²) < 4.78 is 113. The minimum atomic E-state index is -5.23. The molecule has 2 aliphatic carbocycles. The zero-order chi connectivity index (χ0) is 42.9. The van der Waals surface area contributed by atoms with Crippen molar-refractivity contribution in [1.82, 2.24) is 0 Å². The standard InChI is InChI=1S/C36H29N7O13S3/c1-55-28-15-19(3-13-26(28)40-38-22-5-9-24(44)10-6-22)20-4-14-27(29(16-20)56-2)41-42-34-30(58(49,50)51)17-21-18-31(59(52,53)54)35(36(45)32(21)33(34)37)43-39-23-7-11-25(12-8-23)57(46,47)48/h3-18,39-40H,37H2,1-2H3,(H,46,47,48)(H,49,50,51)(H,52,53,54). The van der Waals surface area contributed by atoms with Crippen LogP contribution in [0.3, 0.4) is 0 Å². The normalized spacial score (nSPS) is 15.0. The molecular formula is C36H29N7O13S3. The number of azo groups is 1. The van der Waals surface area contributed by atoms with E-state index in [1.54, 1.807) is 42.5 Å². The van der Waals surface area contributed by atoms with Crippen molar-refractivity contribution >= 4 is 87.9 Å². The van der Waals surface area contributed by atoms with Gasteiger partial charge in [0.15, 0.2) is 11.5 Å². The van der Waals surface area contributed by atoms with Gasteiger partial charge in [-0.15, -0.1) is 10.2 Å². The van der Waals surface area contributed by atoms with Crippen LogP contribution in [0.15, 0.2) is 126 Å². The van der Waals surface area contributed by atoms with Crippen LogP contribution in [0, 0.1) is 0 Å². The second kappa shape index (κ2) is 16.2. The number of ketones is 2. The van der Waals surface area contributed by atoms with E-state index in [4.69, 9.17) is 15.2 Å². The van der Waals surface area contributed by atoms with E-state index in [-0.39, 0.29) is 22.9 Å². The molecule has 20 nitrogen and oxygen atoms in total. The lowest BCUT2D eigenvalue weighted by atomic mass is 9.92. The number of rotatable bonds is 12. The van der Waals surface area contributed by atoms with Crippen molar-refractivity contribution in [1.29, 1.82) is 0 Å². The van der Waals surface area contributed by atoms with Crippen molar-refractivity contribution in [3.63, 3.8) is 0 Å². The van der Waals surface area contributed by atoms with Gasteiger partial charge in [0.05, 0.1) is 47.5 Å². The number of hydrazone groups is 2. The van der Waals surface area contributed by atoms with Gasteiger partial charge in [-0.2, -0.15) is 35.5 Å². The van der Waals surface area contributed by atoms with Gasteiger partial charge in [-0.1, -0.05) is 12.1 Å². The third kappa shape index (κ3) is 9.14. The summed E-state index contributed by atoms with van der Waals surface area (Å²) in [6, 6.07) is 14.8. The van der Waals surface area contributed by atoms with Gasteiger partial charge in [-0.25, -0.2) is 0 Å². The zero-order valence-corrected chi connectivity index (χ0v) is 32.7. The maximum Gasteiger partial charge on any atom is 0.296 e. The quantitative estimate of drug-likeness (QED) is 0.0350. The van der Waals surface area contributed by atoms with Gasteiger partial charge in [0.25, 0.3) is 30.4 Å². The largest absolute Gasteiger partial charge is 0.494 e. The fourth-order valence-corrected chi connectivity index (χ4v) is 7.38. The summed E-state index contributed by atoms with van der Waals surface area (Å²) in [5.74, 6) is -0.840. The number of Topliss-reactive ketones (excluding diaryl/α,β-unsaturated/α-hetero) is 1. The molecule has 0 fully saturated rings. The Morgan fingerprint density at radius 1 is 0.678 bits per heavy atom. The summed E-state index contributed by atoms with van der Waals surface area (Å²) in [6.07, 6.45) is 6.56. The van der Waals surface area contributed by atoms with E-state index in [0.717, 1.165) is 24.3 Å². The van der Waals surface area contributed by atoms with Crippen molar-refractivity contribution in [3.8, 4) is 22.6 Å². The number of hydrogen-bond donors (Lipinski definition) is 6. The number of nitrogens with one attached hydrogen (secondary N) is 2. The molecule has 0 saturated carbocycles. The molecule has 304 valence electrons. The molecule has 4 aromatic carbocycles. The van der Waals surface area contributed by atoms with E-state index in [0.29, 0.717) is 40.4 Å². The molecule has 59 heavy (non-hydrogen) atoms. The minimum absolute atomic E-state index is 0.00619. The fourth-order valence-electron chi connectivity index (χ4n) is 5.57. The van der Waals surface area contributed by atoms with E-state index in [9.17, 15) is 48.5 Å². The second-order valence-corrected chi connectivity index (χ2v) is 16.4. The third-order valence-electron chi connectivity index (χ3n) is 8.41. The van der Waals surface area contributed by atoms with E-state index in [1.807, 2.05) is 0 Å². The fraction of sp³-hybridized carbons (Fsp3) is 0.0556. The molecule has 0 amide bonds. The van der Waals surface area contributed by atoms with Crippen LogP contribution in [0.5, 0.6) is 11.5 Å². The first-order chi connectivity index (χ1) is 27.8. The number of carbonyl (C=O) groups is 2. The smallest absolute Gasteiger partial charge is 0.296 e. The Labute approximate surface area is 335 Å². The van der Waals surface area contributed by atoms with E-state index >= 15 is 0 Å². The van der Waals surface area contributed by atoms with Crippen LogP contribution >= 0.6 is 0 Å². The second-order valence-electron chi connectivity index (χ2n) is 12.2. The number of carbonyl (C=O) groups excluding carboxylic acids is 2. The lowest BCUT2D eigenvalue weighted by Crippen LogP contribution is -2.28. The molecule has 0 radical (unpaired) electrons. The minimum Gasteiger partial charge on any atom is -0.494 e. The van der Waals surface area contributed by atoms with Gasteiger partial charge in [0, 0.05) is 0 Å². The molecule has 0 spiro atoms. The Morgan fingerprint density at radius 2 is 1.31 bits per heavy atom. The summed E-state index contributed by atoms with van der Waals surface area (Å²) in [4.78, 5) is 22.7. The Kier molecular flexibility index (Phi) is 11.4. The van der Waals surface area contributed by atoms with Crippen molar-refractivity contribution in [2.45, 2.75) is 9.79 Å². The molecule has 2 aliphatic rings. The average Bonchev–Trinajstić information content (AvgIpc) is 3.18. The van der Waals surface area contributed by atoms with E-state index < -0.39 is 79.0 Å². The van der Waals surface area contributed by atoms with Gasteiger partial charge in [0.1, 0.15) is 32.7 Å². The maximum atomic E-state index is 13.8. The summed E-state index contributed by atoms with van der Waals surface area (Å²) >= 11 is 0. The predicted molar refractivity (Wildman–Crippen MR) is 215 cm³/mol. The average molecular weight is 864 g/mol. The highest BCUT2D eigenvalue weighted by molar-refractivity contribution is 7.91. The van der Waals surface area contributed by atoms with Crippen LogP contribution in [0.25, 0.3) is 17.2 Å². The van der Waals surface area contributed by atoms with Gasteiger partial charge in [-0.05, 0) is 102 Å². The number of nitrogen functional groups attached to an aromatic ring is 1. The first-order valence-corrected chi connectivity index (χ1v) is 20.7. The molecule has 0 bridgehead atoms. The summed E-state index contributed by atoms with van der Waals surface area (Å²) in [5.41, 5.74) is 10.6. The predicted octanol–water partition coefficient (Wildman–Crippen LogP) is 5.22. The monoisotopic (exact) mass is 863 g/mol. The van der Waals surface area contributed by atoms with Crippen molar-refractivity contribution < 1.29 is 58.0 Å². The van der Waals surface area contributed by atoms with Crippen molar-refractivity contribution in [2.75, 3.05) is 30.8 Å². The van der Waals surface area contributed by atoms with Crippen LogP contribution in [0.2, 0.25) is 0 Å². The number of anilines is 3. The molecule has 4 aromatic rings. The molecule has 7 N–H and O–H groups in total. The highest BCUT2D eigenvalue weighted by Gasteiger charge is 2.37. The third-order valence-corrected chi connectivity index (χ3v) is 11.0. The summed E-state index contributed by atoms with van der Waals surface area (Å²) in [6.45, 7) is 0. The van der Waals surface area contributed by atoms with Crippen LogP contribution in [0.4, 0.5) is 28.4 Å². The lowest BCUT2D eigenvalue weighted by Gasteiger charge is -2.20. The SMILES string of the molecule is COc1cc(-c2ccc(NN=C3C=CC(=O)C=C3)c(OC)c2)ccc1N=Nc1c(S(=O)(=O)O)cc2c(c1N)C(=O)C(=NNc1ccc(S(=O)(=O)O)cc1)C(S(=O)(=O)O)=C2. The summed E-state index contributed by atoms with van der Waals surface area (Å²) in [7, 11) is -12.2. The van der Waals surface area contributed by atoms with Gasteiger partial charge in [0.2, 0.25) is 5.78 Å². The highest BCUT2D eigenvalue weighted by atomic mass is 32.2. The number of nitrogens with zero attached hydrogens (tertiary/aromatic N) is 4. The van der Waals surface area contributed by atoms with Crippen LogP contribution < -0.4 is 26.1 Å². The zero-order valence-electron chi connectivity index (χ0n) is 30.3. The summed E-state index contributed by atoms with van der Waals surface area (Å²) in [5, 5.41) is 16.1. The molecule has 0 saturated heterocycles. The Hall–Kier alpha value is -6.89. The van der Waals surface area contributed by atoms with Crippen LogP contribution in [-0.2, 0) is 35.1 Å². The number of ether oxygens (including phenoxy) is 2. The molecule has 0 heterocycles. The number of allylic oxidation sites excluding steroid dienone is 5. The molecule has 0 aromatic heterocycles. The number of nitrogens with two attached hydrogens (primary N) is 1. The highest BCUT2D eigenvalue weighted by Crippen LogP contribution is 2.42. The van der Waals surface area contributed by atoms with Gasteiger partial charge >= 0.3 is 0 Å². The molecule has 23 heteroatoms. The first kappa shape index (κ1) is 41.7. The Morgan fingerprint density at radius 3 is 1.90 bits per heavy atom.